The van der Waals surface area contributed by atoms with Crippen LogP contribution in [0.3, 0.4) is 0 Å². The molecule has 4 N–H and O–H groups in total. The van der Waals surface area contributed by atoms with Crippen LogP contribution in [0.4, 0.5) is 0 Å². The van der Waals surface area contributed by atoms with Crippen LogP contribution in [0.5, 0.6) is 0 Å². The minimum atomic E-state index is -1.62. The lowest BCUT2D eigenvalue weighted by Crippen LogP contribution is -2.40. The molecule has 0 amide bonds. The van der Waals surface area contributed by atoms with Gasteiger partial charge >= 0.3 is 5.97 Å². The maximum atomic E-state index is 9.86. The SMILES string of the molecule is N#C[C@@H](O)[C@H](N)C(=O)O. The fourth-order valence-corrected chi connectivity index (χ4v) is 0.215. The lowest BCUT2D eigenvalue weighted by atomic mass is 10.2. The van der Waals surface area contributed by atoms with Gasteiger partial charge in [0.25, 0.3) is 0 Å². The summed E-state index contributed by atoms with van der Waals surface area (Å²) in [5, 5.41) is 24.4. The zero-order valence-electron chi connectivity index (χ0n) is 4.48. The van der Waals surface area contributed by atoms with Crippen molar-refractivity contribution in [2.24, 2.45) is 5.73 Å². The molecule has 0 heterocycles. The van der Waals surface area contributed by atoms with E-state index in [4.69, 9.17) is 21.2 Å². The number of nitrogens with two attached hydrogens (primary N) is 1. The van der Waals surface area contributed by atoms with Crippen molar-refractivity contribution in [3.63, 3.8) is 0 Å². The van der Waals surface area contributed by atoms with Gasteiger partial charge in [-0.05, 0) is 0 Å². The number of aliphatic carboxylic acids is 1. The second kappa shape index (κ2) is 3.02. The summed E-state index contributed by atoms with van der Waals surface area (Å²) >= 11 is 0. The molecule has 0 bridgehead atoms. The first kappa shape index (κ1) is 7.88. The zero-order valence-corrected chi connectivity index (χ0v) is 4.48. The van der Waals surface area contributed by atoms with Crippen molar-refractivity contribution >= 4 is 5.97 Å². The average molecular weight is 130 g/mol. The van der Waals surface area contributed by atoms with E-state index in [0.717, 1.165) is 0 Å². The number of rotatable bonds is 2. The second-order valence-corrected chi connectivity index (χ2v) is 1.44. The van der Waals surface area contributed by atoms with Crippen molar-refractivity contribution in [3.8, 4) is 6.07 Å². The summed E-state index contributed by atoms with van der Waals surface area (Å²) in [4.78, 5) is 9.86. The number of aliphatic hydroxyl groups excluding tert-OH is 1. The summed E-state index contributed by atoms with van der Waals surface area (Å²) in [6.45, 7) is 0. The Morgan fingerprint density at radius 2 is 2.22 bits per heavy atom. The molecule has 0 aromatic carbocycles. The Labute approximate surface area is 51.3 Å². The monoisotopic (exact) mass is 130 g/mol. The Morgan fingerprint density at radius 3 is 2.33 bits per heavy atom. The number of hydrogen-bond acceptors (Lipinski definition) is 4. The summed E-state index contributed by atoms with van der Waals surface area (Å²) in [5.74, 6) is -1.39. The first-order chi connectivity index (χ1) is 4.09. The summed E-state index contributed by atoms with van der Waals surface area (Å²) in [5.41, 5.74) is 4.80. The molecule has 0 spiro atoms. The van der Waals surface area contributed by atoms with Gasteiger partial charge in [-0.3, -0.25) is 4.79 Å². The van der Waals surface area contributed by atoms with Gasteiger partial charge in [0.2, 0.25) is 0 Å². The first-order valence-corrected chi connectivity index (χ1v) is 2.15. The zero-order chi connectivity index (χ0) is 7.44. The highest BCUT2D eigenvalue weighted by Gasteiger charge is 2.20. The third kappa shape index (κ3) is 2.08. The van der Waals surface area contributed by atoms with Gasteiger partial charge in [-0.2, -0.15) is 5.26 Å². The van der Waals surface area contributed by atoms with E-state index in [1.807, 2.05) is 0 Å². The van der Waals surface area contributed by atoms with Gasteiger partial charge in [0.1, 0.15) is 6.04 Å². The highest BCUT2D eigenvalue weighted by Crippen LogP contribution is 1.86. The molecule has 0 aromatic rings. The molecule has 0 aliphatic rings. The molecule has 0 radical (unpaired) electrons. The Morgan fingerprint density at radius 1 is 1.78 bits per heavy atom. The predicted octanol–water partition coefficient (Wildman–Crippen LogP) is -1.72. The number of hydrogen-bond donors (Lipinski definition) is 3. The van der Waals surface area contributed by atoms with E-state index in [0.29, 0.717) is 0 Å². The lowest BCUT2D eigenvalue weighted by molar-refractivity contribution is -0.140. The molecule has 50 valence electrons. The van der Waals surface area contributed by atoms with Gasteiger partial charge in [-0.25, -0.2) is 0 Å². The molecule has 0 fully saturated rings. The van der Waals surface area contributed by atoms with Crippen molar-refractivity contribution in [3.05, 3.63) is 0 Å². The van der Waals surface area contributed by atoms with Crippen molar-refractivity contribution < 1.29 is 15.0 Å². The Hall–Kier alpha value is -1.12. The van der Waals surface area contributed by atoms with Crippen molar-refractivity contribution in [1.82, 2.24) is 0 Å². The van der Waals surface area contributed by atoms with Gasteiger partial charge in [-0.1, -0.05) is 0 Å². The van der Waals surface area contributed by atoms with Gasteiger partial charge < -0.3 is 15.9 Å². The summed E-state index contributed by atoms with van der Waals surface area (Å²) in [7, 11) is 0. The molecule has 0 saturated heterocycles. The van der Waals surface area contributed by atoms with Crippen LogP contribution in [-0.4, -0.2) is 28.3 Å². The van der Waals surface area contributed by atoms with E-state index >= 15 is 0 Å². The van der Waals surface area contributed by atoms with E-state index in [9.17, 15) is 4.79 Å². The number of nitriles is 1. The van der Waals surface area contributed by atoms with Crippen LogP contribution in [0.2, 0.25) is 0 Å². The van der Waals surface area contributed by atoms with Crippen LogP contribution in [-0.2, 0) is 4.79 Å². The highest BCUT2D eigenvalue weighted by molar-refractivity contribution is 5.74. The number of carboxylic acids is 1. The third-order valence-electron chi connectivity index (χ3n) is 0.758. The van der Waals surface area contributed by atoms with E-state index in [1.165, 1.54) is 6.07 Å². The van der Waals surface area contributed by atoms with Crippen LogP contribution in [0.1, 0.15) is 0 Å². The molecule has 5 heteroatoms. The number of carbonyl (C=O) groups is 1. The normalized spacial score (nSPS) is 15.7. The maximum absolute atomic E-state index is 9.86. The third-order valence-corrected chi connectivity index (χ3v) is 0.758. The number of carboxylic acid groups (broad SMARTS) is 1. The Kier molecular flexibility index (Phi) is 2.64. The minimum Gasteiger partial charge on any atom is -0.480 e. The van der Waals surface area contributed by atoms with Gasteiger partial charge in [0.15, 0.2) is 6.10 Å². The lowest BCUT2D eigenvalue weighted by Gasteiger charge is -2.04. The number of nitrogens with zero attached hydrogens (tertiary/aromatic N) is 1. The first-order valence-electron chi connectivity index (χ1n) is 2.15. The van der Waals surface area contributed by atoms with Crippen LogP contribution in [0.15, 0.2) is 0 Å². The molecule has 0 aliphatic carbocycles. The standard InChI is InChI=1S/C4H6N2O3/c5-1-2(7)3(6)4(8)9/h2-3,7H,6H2,(H,8,9)/t2-,3+/m1/s1. The average Bonchev–Trinajstić information content (AvgIpc) is 1.84. The minimum absolute atomic E-state index is 1.30. The predicted molar refractivity (Wildman–Crippen MR) is 27.2 cm³/mol. The van der Waals surface area contributed by atoms with E-state index in [1.54, 1.807) is 0 Å². The summed E-state index contributed by atoms with van der Waals surface area (Å²) < 4.78 is 0. The molecule has 0 aromatic heterocycles. The molecule has 9 heavy (non-hydrogen) atoms. The summed E-state index contributed by atoms with van der Waals surface area (Å²) in [6.07, 6.45) is -1.62. The van der Waals surface area contributed by atoms with Crippen molar-refractivity contribution in [2.45, 2.75) is 12.1 Å². The quantitative estimate of drug-likeness (QED) is 0.385. The van der Waals surface area contributed by atoms with Gasteiger partial charge in [-0.15, -0.1) is 0 Å². The smallest absolute Gasteiger partial charge is 0.324 e. The van der Waals surface area contributed by atoms with Crippen LogP contribution in [0.25, 0.3) is 0 Å². The van der Waals surface area contributed by atoms with E-state index in [2.05, 4.69) is 0 Å². The van der Waals surface area contributed by atoms with Crippen LogP contribution >= 0.6 is 0 Å². The fraction of sp³-hybridized carbons (Fsp3) is 0.500. The van der Waals surface area contributed by atoms with Crippen molar-refractivity contribution in [2.75, 3.05) is 0 Å². The van der Waals surface area contributed by atoms with E-state index < -0.39 is 18.1 Å². The van der Waals surface area contributed by atoms with Gasteiger partial charge in [0, 0.05) is 0 Å². The van der Waals surface area contributed by atoms with Crippen molar-refractivity contribution in [1.29, 1.82) is 5.26 Å². The highest BCUT2D eigenvalue weighted by atomic mass is 16.4. The topological polar surface area (TPSA) is 107 Å². The summed E-state index contributed by atoms with van der Waals surface area (Å²) in [6, 6.07) is -0.209. The second-order valence-electron chi connectivity index (χ2n) is 1.44. The molecular weight excluding hydrogens is 124 g/mol. The van der Waals surface area contributed by atoms with Crippen LogP contribution < -0.4 is 5.73 Å². The van der Waals surface area contributed by atoms with Crippen LogP contribution in [0, 0.1) is 11.3 Å². The largest absolute Gasteiger partial charge is 0.480 e. The molecule has 0 rings (SSSR count). The van der Waals surface area contributed by atoms with Gasteiger partial charge in [0.05, 0.1) is 6.07 Å². The molecular formula is C4H6N2O3. The molecule has 0 unspecified atom stereocenters. The molecule has 2 atom stereocenters. The Bertz CT molecular complexity index is 150. The molecule has 5 nitrogen and oxygen atoms in total. The molecule has 0 saturated carbocycles. The number of aliphatic hydroxyl groups is 1. The maximum Gasteiger partial charge on any atom is 0.324 e. The molecule has 0 aliphatic heterocycles. The van der Waals surface area contributed by atoms with E-state index in [-0.39, 0.29) is 0 Å². The fourth-order valence-electron chi connectivity index (χ4n) is 0.215. The Balaban J connectivity index is 3.91.